The van der Waals surface area contributed by atoms with Crippen LogP contribution >= 0.6 is 0 Å². The van der Waals surface area contributed by atoms with E-state index in [2.05, 4.69) is 38.3 Å². The molecular weight excluding hydrogens is 404 g/mol. The number of nitrogens with zero attached hydrogens (tertiary/aromatic N) is 5. The van der Waals surface area contributed by atoms with Crippen molar-refractivity contribution in [1.29, 1.82) is 0 Å². The number of nitrogens with one attached hydrogen (secondary N) is 1. The molecule has 8 heteroatoms. The molecule has 174 valence electrons. The average molecular weight is 441 g/mol. The molecule has 0 spiro atoms. The number of fused-ring (bicyclic) bond motifs is 1. The third-order valence-electron chi connectivity index (χ3n) is 7.03. The fourth-order valence-electron chi connectivity index (χ4n) is 4.99. The second-order valence-electron chi connectivity index (χ2n) is 8.97. The standard InChI is InChI=1S/C24H36N6O2/c1-19(23(32)28-10-5-6-11-28)27-13-15-29(16-14-27)24(25-2)26-17-22(31)30-12-9-20-7-3-4-8-21(20)18-30/h3-4,7-8,19H,5-6,9-18H2,1-2H3,(H,25,26). The Balaban J connectivity index is 1.23. The van der Waals surface area contributed by atoms with Gasteiger partial charge < -0.3 is 20.0 Å². The molecule has 0 saturated carbocycles. The first-order valence-corrected chi connectivity index (χ1v) is 11.9. The van der Waals surface area contributed by atoms with Crippen molar-refractivity contribution in [2.45, 2.75) is 38.8 Å². The number of rotatable bonds is 4. The van der Waals surface area contributed by atoms with Crippen LogP contribution in [0.2, 0.25) is 0 Å². The van der Waals surface area contributed by atoms with Crippen molar-refractivity contribution >= 4 is 17.8 Å². The average Bonchev–Trinajstić information content (AvgIpc) is 3.38. The van der Waals surface area contributed by atoms with E-state index in [1.54, 1.807) is 7.05 Å². The van der Waals surface area contributed by atoms with E-state index in [1.807, 2.05) is 22.8 Å². The summed E-state index contributed by atoms with van der Waals surface area (Å²) in [6.45, 7) is 8.74. The van der Waals surface area contributed by atoms with Crippen LogP contribution in [0.15, 0.2) is 29.3 Å². The highest BCUT2D eigenvalue weighted by molar-refractivity contribution is 5.87. The van der Waals surface area contributed by atoms with E-state index >= 15 is 0 Å². The van der Waals surface area contributed by atoms with Crippen LogP contribution in [0, 0.1) is 0 Å². The maximum Gasteiger partial charge on any atom is 0.242 e. The van der Waals surface area contributed by atoms with Gasteiger partial charge in [-0.15, -0.1) is 0 Å². The highest BCUT2D eigenvalue weighted by Gasteiger charge is 2.30. The number of benzene rings is 1. The first kappa shape index (κ1) is 22.6. The van der Waals surface area contributed by atoms with Crippen LogP contribution in [-0.2, 0) is 22.6 Å². The van der Waals surface area contributed by atoms with E-state index < -0.39 is 0 Å². The SMILES string of the molecule is CN=C(NCC(=O)N1CCc2ccccc2C1)N1CCN(C(C)C(=O)N2CCCC2)CC1. The Bertz CT molecular complexity index is 843. The molecule has 2 saturated heterocycles. The zero-order valence-corrected chi connectivity index (χ0v) is 19.4. The molecule has 1 aromatic rings. The third-order valence-corrected chi connectivity index (χ3v) is 7.03. The number of carbonyl (C=O) groups is 2. The van der Waals surface area contributed by atoms with Gasteiger partial charge in [-0.05, 0) is 37.3 Å². The molecule has 1 aromatic carbocycles. The van der Waals surface area contributed by atoms with Crippen molar-refractivity contribution in [3.8, 4) is 0 Å². The summed E-state index contributed by atoms with van der Waals surface area (Å²) in [4.78, 5) is 38.3. The van der Waals surface area contributed by atoms with Gasteiger partial charge in [-0.3, -0.25) is 19.5 Å². The van der Waals surface area contributed by atoms with Crippen LogP contribution in [0.4, 0.5) is 0 Å². The van der Waals surface area contributed by atoms with Gasteiger partial charge in [-0.1, -0.05) is 24.3 Å². The van der Waals surface area contributed by atoms with Crippen molar-refractivity contribution in [1.82, 2.24) is 24.9 Å². The van der Waals surface area contributed by atoms with E-state index in [9.17, 15) is 9.59 Å². The van der Waals surface area contributed by atoms with E-state index in [4.69, 9.17) is 0 Å². The molecule has 32 heavy (non-hydrogen) atoms. The molecule has 0 radical (unpaired) electrons. The molecule has 0 bridgehead atoms. The predicted molar refractivity (Wildman–Crippen MR) is 125 cm³/mol. The fraction of sp³-hybridized carbons (Fsp3) is 0.625. The number of carbonyl (C=O) groups excluding carboxylic acids is 2. The Morgan fingerprint density at radius 2 is 1.62 bits per heavy atom. The first-order valence-electron chi connectivity index (χ1n) is 11.9. The van der Waals surface area contributed by atoms with Gasteiger partial charge in [0.15, 0.2) is 5.96 Å². The lowest BCUT2D eigenvalue weighted by Crippen LogP contribution is -2.57. The van der Waals surface area contributed by atoms with Crippen molar-refractivity contribution < 1.29 is 9.59 Å². The van der Waals surface area contributed by atoms with Gasteiger partial charge in [-0.2, -0.15) is 0 Å². The Labute approximate surface area is 191 Å². The van der Waals surface area contributed by atoms with E-state index in [1.165, 1.54) is 11.1 Å². The predicted octanol–water partition coefficient (Wildman–Crippen LogP) is 0.775. The molecule has 1 unspecified atom stereocenters. The molecule has 2 amide bonds. The van der Waals surface area contributed by atoms with E-state index in [0.29, 0.717) is 6.54 Å². The van der Waals surface area contributed by atoms with Crippen LogP contribution < -0.4 is 5.32 Å². The maximum absolute atomic E-state index is 12.8. The lowest BCUT2D eigenvalue weighted by atomic mass is 10.00. The number of hydrogen-bond donors (Lipinski definition) is 1. The molecule has 2 fully saturated rings. The molecule has 0 aliphatic carbocycles. The Kier molecular flexibility index (Phi) is 7.29. The Morgan fingerprint density at radius 1 is 0.938 bits per heavy atom. The summed E-state index contributed by atoms with van der Waals surface area (Å²) >= 11 is 0. The van der Waals surface area contributed by atoms with Crippen molar-refractivity contribution in [3.05, 3.63) is 35.4 Å². The molecule has 1 N–H and O–H groups in total. The van der Waals surface area contributed by atoms with Crippen molar-refractivity contribution in [2.75, 3.05) is 59.4 Å². The van der Waals surface area contributed by atoms with Crippen LogP contribution in [0.5, 0.6) is 0 Å². The topological polar surface area (TPSA) is 71.5 Å². The smallest absolute Gasteiger partial charge is 0.242 e. The maximum atomic E-state index is 12.8. The van der Waals surface area contributed by atoms with Crippen LogP contribution in [0.3, 0.4) is 0 Å². The van der Waals surface area contributed by atoms with E-state index in [0.717, 1.165) is 71.0 Å². The third kappa shape index (κ3) is 5.06. The number of aliphatic imine (C=N–C) groups is 1. The highest BCUT2D eigenvalue weighted by Crippen LogP contribution is 2.18. The van der Waals surface area contributed by atoms with Gasteiger partial charge >= 0.3 is 0 Å². The fourth-order valence-corrected chi connectivity index (χ4v) is 4.99. The van der Waals surface area contributed by atoms with Gasteiger partial charge in [0.25, 0.3) is 0 Å². The minimum Gasteiger partial charge on any atom is -0.347 e. The second-order valence-corrected chi connectivity index (χ2v) is 8.97. The summed E-state index contributed by atoms with van der Waals surface area (Å²) in [6.07, 6.45) is 3.15. The summed E-state index contributed by atoms with van der Waals surface area (Å²) in [7, 11) is 1.76. The van der Waals surface area contributed by atoms with Crippen LogP contribution in [0.1, 0.15) is 30.9 Å². The molecule has 1 atom stereocenters. The zero-order chi connectivity index (χ0) is 22.5. The molecule has 4 rings (SSSR count). The summed E-state index contributed by atoms with van der Waals surface area (Å²) in [5.41, 5.74) is 2.58. The quantitative estimate of drug-likeness (QED) is 0.553. The van der Waals surface area contributed by atoms with Gasteiger partial charge in [0.2, 0.25) is 11.8 Å². The summed E-state index contributed by atoms with van der Waals surface area (Å²) < 4.78 is 0. The summed E-state index contributed by atoms with van der Waals surface area (Å²) in [5, 5.41) is 3.26. The number of guanidine groups is 1. The Morgan fingerprint density at radius 3 is 2.31 bits per heavy atom. The van der Waals surface area contributed by atoms with Crippen LogP contribution in [0.25, 0.3) is 0 Å². The number of hydrogen-bond acceptors (Lipinski definition) is 4. The van der Waals surface area contributed by atoms with E-state index in [-0.39, 0.29) is 24.4 Å². The van der Waals surface area contributed by atoms with Gasteiger partial charge in [0.05, 0.1) is 12.6 Å². The second kappa shape index (κ2) is 10.3. The lowest BCUT2D eigenvalue weighted by Gasteiger charge is -2.39. The molecule has 3 aliphatic heterocycles. The molecule has 8 nitrogen and oxygen atoms in total. The zero-order valence-electron chi connectivity index (χ0n) is 19.4. The van der Waals surface area contributed by atoms with Gasteiger partial charge in [0, 0.05) is 59.4 Å². The minimum atomic E-state index is -0.0752. The largest absolute Gasteiger partial charge is 0.347 e. The molecular formula is C24H36N6O2. The summed E-state index contributed by atoms with van der Waals surface area (Å²) in [5.74, 6) is 1.12. The number of piperazine rings is 1. The minimum absolute atomic E-state index is 0.0752. The molecule has 3 aliphatic rings. The van der Waals surface area contributed by atoms with Gasteiger partial charge in [0.1, 0.15) is 0 Å². The molecule has 0 aromatic heterocycles. The first-order chi connectivity index (χ1) is 15.6. The van der Waals surface area contributed by atoms with Gasteiger partial charge in [-0.25, -0.2) is 0 Å². The highest BCUT2D eigenvalue weighted by atomic mass is 16.2. The monoisotopic (exact) mass is 440 g/mol. The molecule has 3 heterocycles. The Hall–Kier alpha value is -2.61. The lowest BCUT2D eigenvalue weighted by molar-refractivity contribution is -0.136. The number of amides is 2. The number of likely N-dealkylation sites (tertiary alicyclic amines) is 1. The van der Waals surface area contributed by atoms with Crippen molar-refractivity contribution in [2.24, 2.45) is 4.99 Å². The van der Waals surface area contributed by atoms with Crippen molar-refractivity contribution in [3.63, 3.8) is 0 Å². The summed E-state index contributed by atoms with van der Waals surface area (Å²) in [6, 6.07) is 8.28. The van der Waals surface area contributed by atoms with Crippen LogP contribution in [-0.4, -0.2) is 103 Å². The normalized spacial score (nSPS) is 20.8.